The van der Waals surface area contributed by atoms with E-state index in [0.717, 1.165) is 47.1 Å². The second kappa shape index (κ2) is 10.1. The molecule has 27 heavy (non-hydrogen) atoms. The van der Waals surface area contributed by atoms with E-state index in [2.05, 4.69) is 31.2 Å². The second-order valence-electron chi connectivity index (χ2n) is 6.09. The Morgan fingerprint density at radius 2 is 1.93 bits per heavy atom. The number of nitrogens with one attached hydrogen (secondary N) is 2. The summed E-state index contributed by atoms with van der Waals surface area (Å²) in [6.45, 7) is 1.47. The number of fused-ring (bicyclic) bond motifs is 1. The van der Waals surface area contributed by atoms with Gasteiger partial charge in [-0.1, -0.05) is 30.3 Å². The van der Waals surface area contributed by atoms with E-state index in [1.165, 1.54) is 0 Å². The highest BCUT2D eigenvalue weighted by Gasteiger charge is 2.10. The van der Waals surface area contributed by atoms with Crippen LogP contribution >= 0.6 is 24.0 Å². The molecular weight excluding hydrogens is 453 g/mol. The molecule has 0 aliphatic rings. The second-order valence-corrected chi connectivity index (χ2v) is 6.09. The van der Waals surface area contributed by atoms with Gasteiger partial charge in [0.2, 0.25) is 0 Å². The highest BCUT2D eigenvalue weighted by molar-refractivity contribution is 14.0. The Labute approximate surface area is 177 Å². The van der Waals surface area contributed by atoms with Crippen LogP contribution in [0.25, 0.3) is 11.0 Å². The zero-order valence-electron chi connectivity index (χ0n) is 15.9. The topological polar surface area (TPSA) is 65.5 Å². The van der Waals surface area contributed by atoms with Crippen LogP contribution in [0.3, 0.4) is 0 Å². The number of benzene rings is 2. The lowest BCUT2D eigenvalue weighted by atomic mass is 10.2. The van der Waals surface area contributed by atoms with Crippen LogP contribution in [0.4, 0.5) is 0 Å². The molecule has 0 amide bonds. The van der Waals surface area contributed by atoms with E-state index in [1.54, 1.807) is 14.2 Å². The van der Waals surface area contributed by atoms with Crippen LogP contribution in [0.15, 0.2) is 53.5 Å². The first-order valence-corrected chi connectivity index (χ1v) is 8.68. The first kappa shape index (κ1) is 21.0. The molecule has 0 atom stereocenters. The van der Waals surface area contributed by atoms with Gasteiger partial charge in [-0.05, 0) is 18.2 Å². The van der Waals surface area contributed by atoms with Crippen LogP contribution in [-0.2, 0) is 13.0 Å². The zero-order valence-corrected chi connectivity index (χ0v) is 18.2. The number of rotatable bonds is 6. The van der Waals surface area contributed by atoms with Gasteiger partial charge >= 0.3 is 0 Å². The number of H-pyrrole nitrogens is 1. The van der Waals surface area contributed by atoms with E-state index in [0.29, 0.717) is 6.54 Å². The van der Waals surface area contributed by atoms with Crippen molar-refractivity contribution in [3.8, 4) is 5.75 Å². The van der Waals surface area contributed by atoms with Crippen molar-refractivity contribution in [2.45, 2.75) is 13.0 Å². The molecule has 1 aromatic heterocycles. The number of hydrogen-bond donors (Lipinski definition) is 2. The lowest BCUT2D eigenvalue weighted by Gasteiger charge is -2.23. The third-order valence-electron chi connectivity index (χ3n) is 4.26. The van der Waals surface area contributed by atoms with Gasteiger partial charge in [0.1, 0.15) is 11.6 Å². The average Bonchev–Trinajstić information content (AvgIpc) is 3.08. The Morgan fingerprint density at radius 3 is 2.67 bits per heavy atom. The molecule has 0 saturated heterocycles. The van der Waals surface area contributed by atoms with Crippen LogP contribution in [0.5, 0.6) is 5.75 Å². The van der Waals surface area contributed by atoms with Crippen molar-refractivity contribution >= 4 is 41.0 Å². The maximum Gasteiger partial charge on any atom is 0.193 e. The number of ether oxygens (including phenoxy) is 1. The Hall–Kier alpha value is -2.29. The van der Waals surface area contributed by atoms with Crippen LogP contribution in [0, 0.1) is 0 Å². The van der Waals surface area contributed by atoms with Crippen LogP contribution < -0.4 is 10.1 Å². The fourth-order valence-corrected chi connectivity index (χ4v) is 2.97. The van der Waals surface area contributed by atoms with Gasteiger partial charge in [-0.2, -0.15) is 0 Å². The van der Waals surface area contributed by atoms with Gasteiger partial charge in [0, 0.05) is 39.2 Å². The van der Waals surface area contributed by atoms with Crippen molar-refractivity contribution in [1.82, 2.24) is 20.2 Å². The van der Waals surface area contributed by atoms with Crippen molar-refractivity contribution in [2.75, 3.05) is 27.7 Å². The fraction of sp³-hybridized carbons (Fsp3) is 0.300. The van der Waals surface area contributed by atoms with Gasteiger partial charge in [0.05, 0.1) is 18.1 Å². The summed E-state index contributed by atoms with van der Waals surface area (Å²) in [5.41, 5.74) is 3.19. The number of halogens is 1. The molecule has 2 aromatic carbocycles. The standard InChI is InChI=1S/C20H25N5O.HI/c1-21-20(25(2)14-15-8-4-7-11-18(15)26-3)22-13-12-19-23-16-9-5-6-10-17(16)24-19;/h4-11H,12-14H2,1-3H3,(H,21,22)(H,23,24);1H. The molecule has 6 nitrogen and oxygen atoms in total. The van der Waals surface area contributed by atoms with Crippen molar-refractivity contribution in [3.05, 3.63) is 59.9 Å². The lowest BCUT2D eigenvalue weighted by Crippen LogP contribution is -2.39. The highest BCUT2D eigenvalue weighted by Crippen LogP contribution is 2.18. The maximum atomic E-state index is 5.43. The molecule has 7 heteroatoms. The van der Waals surface area contributed by atoms with Gasteiger partial charge in [-0.25, -0.2) is 4.98 Å². The Bertz CT molecular complexity index is 860. The normalized spacial score (nSPS) is 11.1. The number of imidazole rings is 1. The summed E-state index contributed by atoms with van der Waals surface area (Å²) >= 11 is 0. The van der Waals surface area contributed by atoms with E-state index in [9.17, 15) is 0 Å². The summed E-state index contributed by atoms with van der Waals surface area (Å²) in [7, 11) is 5.50. The van der Waals surface area contributed by atoms with E-state index < -0.39 is 0 Å². The Kier molecular flexibility index (Phi) is 7.90. The number of hydrogen-bond acceptors (Lipinski definition) is 3. The van der Waals surface area contributed by atoms with Crippen molar-refractivity contribution < 1.29 is 4.74 Å². The first-order chi connectivity index (χ1) is 12.7. The van der Waals surface area contributed by atoms with Crippen molar-refractivity contribution in [3.63, 3.8) is 0 Å². The molecule has 2 N–H and O–H groups in total. The largest absolute Gasteiger partial charge is 0.496 e. The molecule has 3 aromatic rings. The summed E-state index contributed by atoms with van der Waals surface area (Å²) in [6.07, 6.45) is 0.802. The van der Waals surface area contributed by atoms with Crippen LogP contribution in [0.2, 0.25) is 0 Å². The highest BCUT2D eigenvalue weighted by atomic mass is 127. The number of para-hydroxylation sites is 3. The smallest absolute Gasteiger partial charge is 0.193 e. The molecule has 0 bridgehead atoms. The number of guanidine groups is 1. The third-order valence-corrected chi connectivity index (χ3v) is 4.26. The van der Waals surface area contributed by atoms with E-state index in [1.807, 2.05) is 49.5 Å². The minimum absolute atomic E-state index is 0. The summed E-state index contributed by atoms with van der Waals surface area (Å²) in [4.78, 5) is 14.4. The van der Waals surface area contributed by atoms with Crippen molar-refractivity contribution in [2.24, 2.45) is 4.99 Å². The summed E-state index contributed by atoms with van der Waals surface area (Å²) in [5, 5.41) is 3.39. The molecular formula is C20H26IN5O. The predicted octanol–water partition coefficient (Wildman–Crippen LogP) is 3.44. The lowest BCUT2D eigenvalue weighted by molar-refractivity contribution is 0.396. The van der Waals surface area contributed by atoms with Gasteiger partial charge in [0.15, 0.2) is 5.96 Å². The van der Waals surface area contributed by atoms with Crippen LogP contribution in [0.1, 0.15) is 11.4 Å². The predicted molar refractivity (Wildman–Crippen MR) is 121 cm³/mol. The molecule has 0 saturated carbocycles. The summed E-state index contributed by atoms with van der Waals surface area (Å²) in [5.74, 6) is 2.70. The molecule has 144 valence electrons. The van der Waals surface area contributed by atoms with Crippen molar-refractivity contribution in [1.29, 1.82) is 0 Å². The minimum Gasteiger partial charge on any atom is -0.496 e. The average molecular weight is 479 g/mol. The van der Waals surface area contributed by atoms with E-state index in [4.69, 9.17) is 4.74 Å². The summed E-state index contributed by atoms with van der Waals surface area (Å²) in [6, 6.07) is 16.1. The molecule has 3 rings (SSSR count). The molecule has 0 aliphatic heterocycles. The number of aromatic amines is 1. The monoisotopic (exact) mass is 479 g/mol. The van der Waals surface area contributed by atoms with Gasteiger partial charge in [0.25, 0.3) is 0 Å². The Balaban J connectivity index is 0.00000261. The number of nitrogens with zero attached hydrogens (tertiary/aromatic N) is 3. The molecule has 1 heterocycles. The number of aromatic nitrogens is 2. The molecule has 0 spiro atoms. The number of methoxy groups -OCH3 is 1. The number of aliphatic imine (C=N–C) groups is 1. The van der Waals surface area contributed by atoms with Gasteiger partial charge < -0.3 is 19.9 Å². The molecule has 0 radical (unpaired) electrons. The minimum atomic E-state index is 0. The summed E-state index contributed by atoms with van der Waals surface area (Å²) < 4.78 is 5.43. The quantitative estimate of drug-likeness (QED) is 0.323. The fourth-order valence-electron chi connectivity index (χ4n) is 2.97. The zero-order chi connectivity index (χ0) is 18.4. The first-order valence-electron chi connectivity index (χ1n) is 8.68. The molecule has 0 aliphatic carbocycles. The van der Waals surface area contributed by atoms with E-state index in [-0.39, 0.29) is 24.0 Å². The van der Waals surface area contributed by atoms with Crippen LogP contribution in [-0.4, -0.2) is 48.6 Å². The van der Waals surface area contributed by atoms with E-state index >= 15 is 0 Å². The Morgan fingerprint density at radius 1 is 1.19 bits per heavy atom. The molecule has 0 fully saturated rings. The van der Waals surface area contributed by atoms with Gasteiger partial charge in [-0.15, -0.1) is 24.0 Å². The third kappa shape index (κ3) is 5.35. The molecule has 0 unspecified atom stereocenters. The maximum absolute atomic E-state index is 5.43. The SMILES string of the molecule is CN=C(NCCc1nc2ccccc2[nH]1)N(C)Cc1ccccc1OC.I. The van der Waals surface area contributed by atoms with Gasteiger partial charge in [-0.3, -0.25) is 4.99 Å².